The molecule has 1 aliphatic rings. The summed E-state index contributed by atoms with van der Waals surface area (Å²) in [5.74, 6) is -3.08. The molecule has 5 rings (SSSR count). The maximum absolute atomic E-state index is 13.3. The topological polar surface area (TPSA) is 101 Å². The normalized spacial score (nSPS) is 14.8. The predicted octanol–water partition coefficient (Wildman–Crippen LogP) is 4.22. The van der Waals surface area contributed by atoms with Gasteiger partial charge in [0, 0.05) is 28.4 Å². The summed E-state index contributed by atoms with van der Waals surface area (Å²) in [4.78, 5) is 51.5. The van der Waals surface area contributed by atoms with Crippen molar-refractivity contribution in [2.45, 2.75) is 6.54 Å². The summed E-state index contributed by atoms with van der Waals surface area (Å²) in [5.41, 5.74) is 1.36. The number of benzene rings is 3. The number of nitrogens with one attached hydrogen (secondary N) is 2. The van der Waals surface area contributed by atoms with Crippen molar-refractivity contribution in [3.63, 3.8) is 0 Å². The number of imide groups is 2. The summed E-state index contributed by atoms with van der Waals surface area (Å²) in [7, 11) is 0. The van der Waals surface area contributed by atoms with Crippen LogP contribution in [0.2, 0.25) is 0 Å². The van der Waals surface area contributed by atoms with Crippen LogP contribution in [0.4, 0.5) is 25.0 Å². The average molecular weight is 500 g/mol. The van der Waals surface area contributed by atoms with E-state index in [1.54, 1.807) is 35.0 Å². The minimum atomic E-state index is -0.946. The third-order valence-electron chi connectivity index (χ3n) is 5.75. The third-order valence-corrected chi connectivity index (χ3v) is 5.75. The Balaban J connectivity index is 1.47. The van der Waals surface area contributed by atoms with Crippen molar-refractivity contribution in [2.75, 3.05) is 10.2 Å². The number of anilines is 2. The fourth-order valence-electron chi connectivity index (χ4n) is 4.05. The van der Waals surface area contributed by atoms with E-state index in [0.29, 0.717) is 22.2 Å². The first-order valence-electron chi connectivity index (χ1n) is 11.1. The van der Waals surface area contributed by atoms with E-state index in [1.807, 2.05) is 0 Å². The summed E-state index contributed by atoms with van der Waals surface area (Å²) in [6.45, 7) is -0.0958. The molecule has 0 atom stereocenters. The van der Waals surface area contributed by atoms with Crippen molar-refractivity contribution in [1.82, 2.24) is 9.88 Å². The van der Waals surface area contributed by atoms with Gasteiger partial charge in [-0.2, -0.15) is 0 Å². The molecule has 37 heavy (non-hydrogen) atoms. The highest BCUT2D eigenvalue weighted by molar-refractivity contribution is 6.39. The van der Waals surface area contributed by atoms with E-state index < -0.39 is 29.5 Å². The number of para-hydroxylation sites is 1. The van der Waals surface area contributed by atoms with E-state index in [2.05, 4.69) is 10.6 Å². The van der Waals surface area contributed by atoms with Gasteiger partial charge in [0.1, 0.15) is 23.8 Å². The standard InChI is InChI=1S/C27H18F2N4O4/c28-17-5-9-19(10-6-17)30-24(34)15-32-14-16(21-3-1-2-4-23(21)32)13-22-25(35)31-27(37)33(26(22)36)20-11-7-18(29)8-12-20/h1-14H,15H2,(H,30,34)(H,31,35,37)/b22-13+. The molecular weight excluding hydrogens is 482 g/mol. The number of urea groups is 1. The summed E-state index contributed by atoms with van der Waals surface area (Å²) in [5, 5.41) is 5.48. The Labute approximate surface area is 208 Å². The van der Waals surface area contributed by atoms with Gasteiger partial charge in [0.25, 0.3) is 11.8 Å². The number of aromatic nitrogens is 1. The maximum Gasteiger partial charge on any atom is 0.335 e. The Morgan fingerprint density at radius 2 is 1.54 bits per heavy atom. The van der Waals surface area contributed by atoms with E-state index in [4.69, 9.17) is 0 Å². The highest BCUT2D eigenvalue weighted by Crippen LogP contribution is 2.27. The van der Waals surface area contributed by atoms with Gasteiger partial charge >= 0.3 is 6.03 Å². The lowest BCUT2D eigenvalue weighted by Gasteiger charge is -2.26. The Morgan fingerprint density at radius 1 is 0.892 bits per heavy atom. The number of amides is 5. The van der Waals surface area contributed by atoms with Crippen LogP contribution >= 0.6 is 0 Å². The molecule has 1 aromatic heterocycles. The van der Waals surface area contributed by atoms with Crippen LogP contribution in [-0.4, -0.2) is 28.3 Å². The second kappa shape index (κ2) is 9.50. The van der Waals surface area contributed by atoms with Gasteiger partial charge in [0.15, 0.2) is 0 Å². The van der Waals surface area contributed by atoms with Crippen molar-refractivity contribution in [3.05, 3.63) is 102 Å². The molecule has 0 radical (unpaired) electrons. The van der Waals surface area contributed by atoms with Crippen LogP contribution in [0, 0.1) is 11.6 Å². The SMILES string of the molecule is O=C(Cn1cc(/C=C2\C(=O)NC(=O)N(c3ccc(F)cc3)C2=O)c2ccccc21)Nc1ccc(F)cc1. The number of hydrogen-bond donors (Lipinski definition) is 2. The second-order valence-electron chi connectivity index (χ2n) is 8.22. The number of carbonyl (C=O) groups excluding carboxylic acids is 4. The molecule has 0 saturated carbocycles. The highest BCUT2D eigenvalue weighted by atomic mass is 19.1. The Bertz CT molecular complexity index is 1590. The molecule has 8 nitrogen and oxygen atoms in total. The van der Waals surface area contributed by atoms with E-state index >= 15 is 0 Å². The van der Waals surface area contributed by atoms with Crippen LogP contribution in [-0.2, 0) is 20.9 Å². The number of nitrogens with zero attached hydrogens (tertiary/aromatic N) is 2. The predicted molar refractivity (Wildman–Crippen MR) is 132 cm³/mol. The molecule has 1 fully saturated rings. The summed E-state index contributed by atoms with van der Waals surface area (Å²) >= 11 is 0. The van der Waals surface area contributed by atoms with Gasteiger partial charge in [0.05, 0.1) is 5.69 Å². The van der Waals surface area contributed by atoms with Gasteiger partial charge < -0.3 is 9.88 Å². The maximum atomic E-state index is 13.3. The number of fused-ring (bicyclic) bond motifs is 1. The van der Waals surface area contributed by atoms with Crippen LogP contribution in [0.3, 0.4) is 0 Å². The molecular formula is C27H18F2N4O4. The molecule has 2 N–H and O–H groups in total. The van der Waals surface area contributed by atoms with E-state index in [0.717, 1.165) is 17.0 Å². The number of rotatable bonds is 5. The third kappa shape index (κ3) is 4.72. The molecule has 10 heteroatoms. The minimum Gasteiger partial charge on any atom is -0.337 e. The molecule has 0 bridgehead atoms. The zero-order valence-corrected chi connectivity index (χ0v) is 19.1. The van der Waals surface area contributed by atoms with Gasteiger partial charge in [-0.1, -0.05) is 18.2 Å². The van der Waals surface area contributed by atoms with Gasteiger partial charge in [-0.3, -0.25) is 19.7 Å². The fraction of sp³-hybridized carbons (Fsp3) is 0.0370. The van der Waals surface area contributed by atoms with Crippen molar-refractivity contribution in [2.24, 2.45) is 0 Å². The number of hydrogen-bond acceptors (Lipinski definition) is 4. The first-order chi connectivity index (χ1) is 17.8. The molecule has 0 spiro atoms. The van der Waals surface area contributed by atoms with Crippen molar-refractivity contribution >= 4 is 52.1 Å². The molecule has 2 heterocycles. The quantitative estimate of drug-likeness (QED) is 0.317. The average Bonchev–Trinajstić information content (AvgIpc) is 3.21. The fourth-order valence-corrected chi connectivity index (χ4v) is 4.05. The number of halogens is 2. The van der Waals surface area contributed by atoms with Crippen LogP contribution < -0.4 is 15.5 Å². The lowest BCUT2D eigenvalue weighted by molar-refractivity contribution is -0.122. The lowest BCUT2D eigenvalue weighted by atomic mass is 10.1. The molecule has 1 aliphatic heterocycles. The first kappa shape index (κ1) is 23.6. The monoisotopic (exact) mass is 500 g/mol. The highest BCUT2D eigenvalue weighted by Gasteiger charge is 2.37. The summed E-state index contributed by atoms with van der Waals surface area (Å²) in [6, 6.07) is 16.2. The van der Waals surface area contributed by atoms with Crippen molar-refractivity contribution in [1.29, 1.82) is 0 Å². The minimum absolute atomic E-state index is 0.0958. The number of barbiturate groups is 1. The molecule has 1 saturated heterocycles. The first-order valence-corrected chi connectivity index (χ1v) is 11.1. The van der Waals surface area contributed by atoms with Crippen LogP contribution in [0.5, 0.6) is 0 Å². The van der Waals surface area contributed by atoms with Crippen LogP contribution in [0.1, 0.15) is 5.56 Å². The van der Waals surface area contributed by atoms with Gasteiger partial charge in [0.2, 0.25) is 5.91 Å². The van der Waals surface area contributed by atoms with Crippen molar-refractivity contribution in [3.8, 4) is 0 Å². The van der Waals surface area contributed by atoms with Crippen LogP contribution in [0.15, 0.2) is 84.6 Å². The molecule has 4 aromatic rings. The van der Waals surface area contributed by atoms with E-state index in [9.17, 15) is 28.0 Å². The smallest absolute Gasteiger partial charge is 0.335 e. The van der Waals surface area contributed by atoms with Crippen LogP contribution in [0.25, 0.3) is 17.0 Å². The lowest BCUT2D eigenvalue weighted by Crippen LogP contribution is -2.54. The summed E-state index contributed by atoms with van der Waals surface area (Å²) in [6.07, 6.45) is 2.96. The molecule has 0 aliphatic carbocycles. The van der Waals surface area contributed by atoms with E-state index in [-0.39, 0.29) is 23.7 Å². The zero-order chi connectivity index (χ0) is 26.1. The molecule has 3 aromatic carbocycles. The Morgan fingerprint density at radius 3 is 2.24 bits per heavy atom. The van der Waals surface area contributed by atoms with Gasteiger partial charge in [-0.25, -0.2) is 18.5 Å². The largest absolute Gasteiger partial charge is 0.337 e. The molecule has 0 unspecified atom stereocenters. The Kier molecular flexibility index (Phi) is 6.06. The van der Waals surface area contributed by atoms with E-state index in [1.165, 1.54) is 42.5 Å². The number of carbonyl (C=O) groups is 4. The zero-order valence-electron chi connectivity index (χ0n) is 19.1. The Hall–Kier alpha value is -5.12. The second-order valence-corrected chi connectivity index (χ2v) is 8.22. The molecule has 5 amide bonds. The van der Waals surface area contributed by atoms with Gasteiger partial charge in [-0.05, 0) is 60.7 Å². The van der Waals surface area contributed by atoms with Gasteiger partial charge in [-0.15, -0.1) is 0 Å². The van der Waals surface area contributed by atoms with Crippen molar-refractivity contribution < 1.29 is 28.0 Å². The summed E-state index contributed by atoms with van der Waals surface area (Å²) < 4.78 is 28.1. The molecule has 184 valence electrons.